The molecule has 0 spiro atoms. The maximum Gasteiger partial charge on any atom is 0.435 e. The lowest BCUT2D eigenvalue weighted by atomic mass is 10.4. The van der Waals surface area contributed by atoms with Crippen LogP contribution in [0.15, 0.2) is 0 Å². The smallest absolute Gasteiger partial charge is 0.435 e. The fourth-order valence-electron chi connectivity index (χ4n) is 0.332. The molecule has 7 heteroatoms. The van der Waals surface area contributed by atoms with E-state index in [0.717, 1.165) is 0 Å². The topological polar surface area (TPSA) is 119 Å². The van der Waals surface area contributed by atoms with E-state index in [0.29, 0.717) is 0 Å². The predicted octanol–water partition coefficient (Wildman–Crippen LogP) is -2.70. The monoisotopic (exact) mass is 179 g/mol. The van der Waals surface area contributed by atoms with E-state index in [1.807, 2.05) is 0 Å². The number of carbonyl (C=O) groups is 2. The van der Waals surface area contributed by atoms with Gasteiger partial charge < -0.3 is 19.8 Å². The lowest BCUT2D eigenvalue weighted by Crippen LogP contribution is -2.28. The van der Waals surface area contributed by atoms with Crippen molar-refractivity contribution in [3.8, 4) is 0 Å². The lowest BCUT2D eigenvalue weighted by Gasteiger charge is -2.06. The van der Waals surface area contributed by atoms with Gasteiger partial charge in [-0.05, 0) is 0 Å². The number of hydrogen-bond acceptors (Lipinski definition) is 7. The minimum Gasteiger partial charge on any atom is -0.454 e. The number of esters is 1. The van der Waals surface area contributed by atoms with Gasteiger partial charge in [0.2, 0.25) is 0 Å². The predicted molar refractivity (Wildman–Crippen MR) is 34.3 cm³/mol. The highest BCUT2D eigenvalue weighted by atomic mass is 16.7. The van der Waals surface area contributed by atoms with E-state index < -0.39 is 31.3 Å². The molecule has 0 aromatic heterocycles. The second-order valence-electron chi connectivity index (χ2n) is 1.84. The van der Waals surface area contributed by atoms with Gasteiger partial charge in [0.15, 0.2) is 0 Å². The van der Waals surface area contributed by atoms with Crippen LogP contribution < -0.4 is 5.90 Å². The fraction of sp³-hybridized carbons (Fsp3) is 0.600. The molecule has 0 radical (unpaired) electrons. The Labute approximate surface area is 67.6 Å². The van der Waals surface area contributed by atoms with Gasteiger partial charge in [0.25, 0.3) is 0 Å². The summed E-state index contributed by atoms with van der Waals surface area (Å²) in [6, 6.07) is 0. The molecule has 0 aliphatic carbocycles. The Morgan fingerprint density at radius 1 is 1.42 bits per heavy atom. The summed E-state index contributed by atoms with van der Waals surface area (Å²) in [6.45, 7) is -1.05. The van der Waals surface area contributed by atoms with E-state index in [2.05, 4.69) is 15.5 Å². The molecule has 0 fully saturated rings. The third kappa shape index (κ3) is 3.86. The Morgan fingerprint density at radius 3 is 2.42 bits per heavy atom. The van der Waals surface area contributed by atoms with Crippen molar-refractivity contribution in [2.75, 3.05) is 13.2 Å². The first kappa shape index (κ1) is 10.8. The summed E-state index contributed by atoms with van der Waals surface area (Å²) in [5.74, 6) is 1.67. The summed E-state index contributed by atoms with van der Waals surface area (Å²) >= 11 is 0. The van der Waals surface area contributed by atoms with Crippen molar-refractivity contribution < 1.29 is 29.4 Å². The van der Waals surface area contributed by atoms with Crippen molar-refractivity contribution in [2.24, 2.45) is 5.90 Å². The number of aliphatic hydroxyl groups is 2. The molecule has 0 amide bonds. The van der Waals surface area contributed by atoms with E-state index in [1.54, 1.807) is 0 Å². The second kappa shape index (κ2) is 5.47. The van der Waals surface area contributed by atoms with Crippen LogP contribution in [0.25, 0.3) is 0 Å². The second-order valence-corrected chi connectivity index (χ2v) is 1.84. The molecule has 70 valence electrons. The summed E-state index contributed by atoms with van der Waals surface area (Å²) in [6.07, 6.45) is -1.21. The summed E-state index contributed by atoms with van der Waals surface area (Å²) in [5.41, 5.74) is 0. The van der Waals surface area contributed by atoms with Gasteiger partial charge in [-0.25, -0.2) is 9.59 Å². The molecule has 0 bridgehead atoms. The normalized spacial score (nSPS) is 11.9. The Morgan fingerprint density at radius 2 is 2.00 bits per heavy atom. The van der Waals surface area contributed by atoms with Crippen LogP contribution in [0.1, 0.15) is 0 Å². The molecule has 0 aliphatic heterocycles. The van der Waals surface area contributed by atoms with Crippen LogP contribution in [0.5, 0.6) is 0 Å². The zero-order valence-corrected chi connectivity index (χ0v) is 6.10. The Kier molecular flexibility index (Phi) is 4.93. The number of hydrogen-bond donors (Lipinski definition) is 3. The molecular weight excluding hydrogens is 170 g/mol. The first-order chi connectivity index (χ1) is 5.61. The van der Waals surface area contributed by atoms with Crippen LogP contribution >= 0.6 is 0 Å². The van der Waals surface area contributed by atoms with Gasteiger partial charge in [0, 0.05) is 0 Å². The molecule has 1 unspecified atom stereocenters. The van der Waals surface area contributed by atoms with Gasteiger partial charge in [0.1, 0.15) is 12.7 Å². The third-order valence-electron chi connectivity index (χ3n) is 0.891. The molecule has 0 aliphatic rings. The van der Waals surface area contributed by atoms with Crippen molar-refractivity contribution in [1.82, 2.24) is 0 Å². The number of nitrogens with two attached hydrogens (primary N) is 1. The van der Waals surface area contributed by atoms with Gasteiger partial charge in [0.05, 0.1) is 6.61 Å². The van der Waals surface area contributed by atoms with E-state index in [1.165, 1.54) is 0 Å². The van der Waals surface area contributed by atoms with Crippen LogP contribution in [0.3, 0.4) is 0 Å². The van der Waals surface area contributed by atoms with Crippen molar-refractivity contribution in [3.05, 3.63) is 0 Å². The molecule has 0 aromatic carbocycles. The fourth-order valence-corrected chi connectivity index (χ4v) is 0.332. The van der Waals surface area contributed by atoms with E-state index in [-0.39, 0.29) is 0 Å². The molecule has 7 nitrogen and oxygen atoms in total. The number of ether oxygens (including phenoxy) is 1. The molecule has 0 aromatic rings. The van der Waals surface area contributed by atoms with Gasteiger partial charge in [-0.15, -0.1) is 0 Å². The largest absolute Gasteiger partial charge is 0.454 e. The molecule has 0 saturated heterocycles. The maximum absolute atomic E-state index is 10.4. The van der Waals surface area contributed by atoms with Crippen molar-refractivity contribution in [1.29, 1.82) is 0 Å². The molecule has 1 atom stereocenters. The zero-order valence-electron chi connectivity index (χ0n) is 6.10. The van der Waals surface area contributed by atoms with Crippen LogP contribution in [0.4, 0.5) is 0 Å². The summed E-state index contributed by atoms with van der Waals surface area (Å²) in [7, 11) is 0. The first-order valence-corrected chi connectivity index (χ1v) is 2.98. The number of rotatable bonds is 3. The molecular formula is C5H9NO6. The van der Waals surface area contributed by atoms with Gasteiger partial charge in [-0.1, -0.05) is 0 Å². The SMILES string of the molecule is NOC(=O)C(=O)OCC(O)CO. The third-order valence-corrected chi connectivity index (χ3v) is 0.891. The highest BCUT2D eigenvalue weighted by Gasteiger charge is 2.17. The highest BCUT2D eigenvalue weighted by molar-refractivity contribution is 6.29. The van der Waals surface area contributed by atoms with Crippen molar-refractivity contribution >= 4 is 11.9 Å². The van der Waals surface area contributed by atoms with Gasteiger partial charge in [-0.2, -0.15) is 5.90 Å². The van der Waals surface area contributed by atoms with Crippen LogP contribution in [0, 0.1) is 0 Å². The summed E-state index contributed by atoms with van der Waals surface area (Å²) in [5, 5.41) is 16.9. The Bertz CT molecular complexity index is 169. The van der Waals surface area contributed by atoms with E-state index >= 15 is 0 Å². The number of carbonyl (C=O) groups excluding carboxylic acids is 2. The van der Waals surface area contributed by atoms with Crippen molar-refractivity contribution in [3.63, 3.8) is 0 Å². The van der Waals surface area contributed by atoms with Gasteiger partial charge >= 0.3 is 11.9 Å². The van der Waals surface area contributed by atoms with Crippen LogP contribution in [-0.4, -0.2) is 41.5 Å². The molecule has 0 heterocycles. The highest BCUT2D eigenvalue weighted by Crippen LogP contribution is 1.86. The average molecular weight is 179 g/mol. The lowest BCUT2D eigenvalue weighted by molar-refractivity contribution is -0.169. The molecule has 0 rings (SSSR count). The Balaban J connectivity index is 3.64. The van der Waals surface area contributed by atoms with Crippen molar-refractivity contribution in [2.45, 2.75) is 6.10 Å². The number of aliphatic hydroxyl groups excluding tert-OH is 2. The van der Waals surface area contributed by atoms with Gasteiger partial charge in [-0.3, -0.25) is 0 Å². The van der Waals surface area contributed by atoms with Crippen LogP contribution in [0.2, 0.25) is 0 Å². The zero-order chi connectivity index (χ0) is 9.56. The minimum atomic E-state index is -1.36. The average Bonchev–Trinajstić information content (AvgIpc) is 2.11. The summed E-state index contributed by atoms with van der Waals surface area (Å²) in [4.78, 5) is 24.2. The minimum absolute atomic E-state index is 0.482. The molecule has 12 heavy (non-hydrogen) atoms. The summed E-state index contributed by atoms with van der Waals surface area (Å²) < 4.78 is 4.14. The Hall–Kier alpha value is -1.18. The molecule has 4 N–H and O–H groups in total. The quantitative estimate of drug-likeness (QED) is 0.245. The maximum atomic E-state index is 10.4. The first-order valence-electron chi connectivity index (χ1n) is 2.98. The van der Waals surface area contributed by atoms with E-state index in [9.17, 15) is 9.59 Å². The van der Waals surface area contributed by atoms with Crippen LogP contribution in [-0.2, 0) is 19.2 Å². The molecule has 0 saturated carbocycles. The standard InChI is InChI=1S/C5H9NO6/c6-12-5(10)4(9)11-2-3(8)1-7/h3,7-8H,1-2,6H2. The van der Waals surface area contributed by atoms with E-state index in [4.69, 9.17) is 10.2 Å².